The number of para-hydroxylation sites is 1. The van der Waals surface area contributed by atoms with Crippen LogP contribution in [-0.2, 0) is 10.8 Å². The Labute approximate surface area is 111 Å². The van der Waals surface area contributed by atoms with E-state index in [1.54, 1.807) is 0 Å². The molecule has 2 aromatic rings. The Morgan fingerprint density at radius 3 is 2.39 bits per heavy atom. The van der Waals surface area contributed by atoms with Gasteiger partial charge >= 0.3 is 0 Å². The number of benzene rings is 2. The molecule has 1 unspecified atom stereocenters. The van der Waals surface area contributed by atoms with Crippen LogP contribution in [0.2, 0.25) is 0 Å². The summed E-state index contributed by atoms with van der Waals surface area (Å²) in [5.41, 5.74) is 2.47. The van der Waals surface area contributed by atoms with E-state index in [0.29, 0.717) is 10.5 Å². The van der Waals surface area contributed by atoms with E-state index in [4.69, 9.17) is 9.16 Å². The average Bonchev–Trinajstić information content (AvgIpc) is 2.42. The lowest BCUT2D eigenvalue weighted by Crippen LogP contribution is -2.15. The van der Waals surface area contributed by atoms with Crippen molar-refractivity contribution in [2.75, 3.05) is 0 Å². The Bertz CT molecular complexity index is 485. The molecule has 0 amide bonds. The van der Waals surface area contributed by atoms with Gasteiger partial charge in [-0.15, -0.1) is 0 Å². The molecular weight excluding hydrogens is 240 g/mol. The summed E-state index contributed by atoms with van der Waals surface area (Å²) in [6, 6.07) is 18.5. The van der Waals surface area contributed by atoms with Gasteiger partial charge in [0.2, 0.25) is 0 Å². The fourth-order valence-corrected chi connectivity index (χ4v) is 1.90. The summed E-state index contributed by atoms with van der Waals surface area (Å²) in [6.07, 6.45) is 0.707. The summed E-state index contributed by atoms with van der Waals surface area (Å²) in [7, 11) is 0.684. The standard InChI is InChI=1S/C15H18O2Si/c1-12(17-18)16-15-10-6-5-9-14(15)11-13-7-3-2-4-8-13/h2-10,12H,11H2,1,18H3. The largest absolute Gasteiger partial charge is 0.466 e. The summed E-state index contributed by atoms with van der Waals surface area (Å²) in [4.78, 5) is 0. The monoisotopic (exact) mass is 258 g/mol. The average molecular weight is 258 g/mol. The Morgan fingerprint density at radius 1 is 1.00 bits per heavy atom. The van der Waals surface area contributed by atoms with Gasteiger partial charge in [-0.2, -0.15) is 0 Å². The number of rotatable bonds is 5. The number of hydrogen-bond acceptors (Lipinski definition) is 2. The molecule has 0 N–H and O–H groups in total. The van der Waals surface area contributed by atoms with E-state index in [0.717, 1.165) is 12.2 Å². The van der Waals surface area contributed by atoms with E-state index < -0.39 is 0 Å². The first-order chi connectivity index (χ1) is 8.79. The minimum Gasteiger partial charge on any atom is -0.466 e. The van der Waals surface area contributed by atoms with Crippen molar-refractivity contribution in [3.05, 3.63) is 65.7 Å². The van der Waals surface area contributed by atoms with Gasteiger partial charge in [-0.1, -0.05) is 48.5 Å². The highest BCUT2D eigenvalue weighted by molar-refractivity contribution is 5.98. The van der Waals surface area contributed by atoms with Gasteiger partial charge in [0.1, 0.15) is 5.75 Å². The van der Waals surface area contributed by atoms with Crippen molar-refractivity contribution in [3.63, 3.8) is 0 Å². The summed E-state index contributed by atoms with van der Waals surface area (Å²) in [6.45, 7) is 1.92. The summed E-state index contributed by atoms with van der Waals surface area (Å²) < 4.78 is 11.1. The summed E-state index contributed by atoms with van der Waals surface area (Å²) in [5, 5.41) is 0. The highest BCUT2D eigenvalue weighted by atomic mass is 28.2. The zero-order valence-corrected chi connectivity index (χ0v) is 12.8. The van der Waals surface area contributed by atoms with Gasteiger partial charge in [0.25, 0.3) is 0 Å². The minimum atomic E-state index is -0.173. The molecule has 2 aromatic carbocycles. The van der Waals surface area contributed by atoms with Crippen LogP contribution in [0, 0.1) is 0 Å². The number of hydrogen-bond donors (Lipinski definition) is 0. The van der Waals surface area contributed by atoms with Crippen molar-refractivity contribution in [3.8, 4) is 5.75 Å². The third kappa shape index (κ3) is 3.45. The van der Waals surface area contributed by atoms with Gasteiger partial charge in [-0.3, -0.25) is 0 Å². The topological polar surface area (TPSA) is 18.5 Å². The van der Waals surface area contributed by atoms with Crippen LogP contribution in [-0.4, -0.2) is 16.8 Å². The van der Waals surface area contributed by atoms with Gasteiger partial charge in [-0.25, -0.2) is 0 Å². The van der Waals surface area contributed by atoms with Crippen LogP contribution >= 0.6 is 0 Å². The predicted molar refractivity (Wildman–Crippen MR) is 76.8 cm³/mol. The number of ether oxygens (including phenoxy) is 1. The lowest BCUT2D eigenvalue weighted by atomic mass is 10.0. The second-order valence-corrected chi connectivity index (χ2v) is 4.66. The molecular formula is C15H18O2Si. The Kier molecular flexibility index (Phi) is 4.56. The molecule has 2 nitrogen and oxygen atoms in total. The summed E-state index contributed by atoms with van der Waals surface area (Å²) >= 11 is 0. The molecule has 0 saturated heterocycles. The molecule has 0 aliphatic rings. The van der Waals surface area contributed by atoms with Crippen LogP contribution < -0.4 is 4.74 Å². The predicted octanol–water partition coefficient (Wildman–Crippen LogP) is 2.30. The van der Waals surface area contributed by atoms with Crippen molar-refractivity contribution in [2.24, 2.45) is 0 Å². The normalized spacial score (nSPS) is 12.3. The van der Waals surface area contributed by atoms with Crippen LogP contribution in [0.3, 0.4) is 0 Å². The van der Waals surface area contributed by atoms with E-state index in [9.17, 15) is 0 Å². The van der Waals surface area contributed by atoms with Crippen molar-refractivity contribution in [2.45, 2.75) is 19.6 Å². The van der Waals surface area contributed by atoms with E-state index in [-0.39, 0.29) is 6.29 Å². The van der Waals surface area contributed by atoms with Crippen LogP contribution in [0.25, 0.3) is 0 Å². The molecule has 0 aromatic heterocycles. The molecule has 0 bridgehead atoms. The van der Waals surface area contributed by atoms with Gasteiger partial charge in [-0.05, 0) is 24.1 Å². The van der Waals surface area contributed by atoms with Crippen molar-refractivity contribution >= 4 is 10.5 Å². The fourth-order valence-electron chi connectivity index (χ4n) is 1.81. The molecule has 0 radical (unpaired) electrons. The van der Waals surface area contributed by atoms with Crippen molar-refractivity contribution in [1.29, 1.82) is 0 Å². The zero-order chi connectivity index (χ0) is 12.8. The molecule has 0 aliphatic carbocycles. The highest BCUT2D eigenvalue weighted by Crippen LogP contribution is 2.22. The van der Waals surface area contributed by atoms with Gasteiger partial charge in [0.05, 0.1) is 0 Å². The molecule has 0 fully saturated rings. The SMILES string of the molecule is CC(O[SiH3])Oc1ccccc1Cc1ccccc1. The molecule has 1 atom stereocenters. The molecule has 0 spiro atoms. The Hall–Kier alpha value is -1.58. The molecule has 3 heteroatoms. The molecule has 0 heterocycles. The first-order valence-electron chi connectivity index (χ1n) is 6.11. The van der Waals surface area contributed by atoms with Crippen molar-refractivity contribution < 1.29 is 9.16 Å². The van der Waals surface area contributed by atoms with Gasteiger partial charge in [0.15, 0.2) is 16.8 Å². The molecule has 2 rings (SSSR count). The van der Waals surface area contributed by atoms with Gasteiger partial charge in [0, 0.05) is 6.42 Å². The van der Waals surface area contributed by atoms with Gasteiger partial charge < -0.3 is 9.16 Å². The maximum Gasteiger partial charge on any atom is 0.187 e. The third-order valence-corrected chi connectivity index (χ3v) is 3.50. The quantitative estimate of drug-likeness (QED) is 0.605. The lowest BCUT2D eigenvalue weighted by Gasteiger charge is -2.16. The van der Waals surface area contributed by atoms with E-state index in [2.05, 4.69) is 30.3 Å². The molecule has 18 heavy (non-hydrogen) atoms. The molecule has 94 valence electrons. The second-order valence-electron chi connectivity index (χ2n) is 4.19. The van der Waals surface area contributed by atoms with E-state index >= 15 is 0 Å². The third-order valence-electron chi connectivity index (χ3n) is 2.83. The maximum atomic E-state index is 5.78. The zero-order valence-electron chi connectivity index (χ0n) is 10.8. The molecule has 0 aliphatic heterocycles. The Morgan fingerprint density at radius 2 is 1.67 bits per heavy atom. The first kappa shape index (κ1) is 12.9. The van der Waals surface area contributed by atoms with Crippen molar-refractivity contribution in [1.82, 2.24) is 0 Å². The first-order valence-corrected chi connectivity index (χ1v) is 6.92. The van der Waals surface area contributed by atoms with Crippen LogP contribution in [0.5, 0.6) is 5.75 Å². The fraction of sp³-hybridized carbons (Fsp3) is 0.200. The Balaban J connectivity index is 2.17. The van der Waals surface area contributed by atoms with Crippen LogP contribution in [0.4, 0.5) is 0 Å². The minimum absolute atomic E-state index is 0.173. The smallest absolute Gasteiger partial charge is 0.187 e. The second kappa shape index (κ2) is 6.38. The van der Waals surface area contributed by atoms with E-state index in [1.807, 2.05) is 31.2 Å². The highest BCUT2D eigenvalue weighted by Gasteiger charge is 2.07. The van der Waals surface area contributed by atoms with Crippen LogP contribution in [0.15, 0.2) is 54.6 Å². The summed E-state index contributed by atoms with van der Waals surface area (Å²) in [5.74, 6) is 0.907. The molecule has 0 saturated carbocycles. The lowest BCUT2D eigenvalue weighted by molar-refractivity contribution is 0.0289. The van der Waals surface area contributed by atoms with Crippen LogP contribution in [0.1, 0.15) is 18.1 Å². The maximum absolute atomic E-state index is 5.78. The van der Waals surface area contributed by atoms with E-state index in [1.165, 1.54) is 11.1 Å².